The molecule has 1 saturated heterocycles. The van der Waals surface area contributed by atoms with Crippen LogP contribution >= 0.6 is 0 Å². The van der Waals surface area contributed by atoms with E-state index in [0.29, 0.717) is 19.5 Å². The van der Waals surface area contributed by atoms with Gasteiger partial charge in [-0.3, -0.25) is 4.79 Å². The number of benzene rings is 1. The van der Waals surface area contributed by atoms with Crippen LogP contribution in [0.25, 0.3) is 0 Å². The number of ether oxygens (including phenoxy) is 1. The molecule has 162 valence electrons. The summed E-state index contributed by atoms with van der Waals surface area (Å²) >= 11 is 0. The van der Waals surface area contributed by atoms with Crippen molar-refractivity contribution in [2.75, 3.05) is 25.0 Å². The van der Waals surface area contributed by atoms with Crippen molar-refractivity contribution in [3.05, 3.63) is 18.2 Å². The van der Waals surface area contributed by atoms with Crippen LogP contribution in [-0.2, 0) is 14.8 Å². The van der Waals surface area contributed by atoms with Crippen LogP contribution in [0.4, 0.5) is 18.9 Å². The van der Waals surface area contributed by atoms with Crippen molar-refractivity contribution in [2.45, 2.75) is 50.1 Å². The third kappa shape index (κ3) is 5.63. The Morgan fingerprint density at radius 1 is 1.21 bits per heavy atom. The van der Waals surface area contributed by atoms with E-state index in [1.165, 1.54) is 22.5 Å². The molecule has 1 N–H and O–H groups in total. The second kappa shape index (κ2) is 8.51. The Hall–Kier alpha value is -1.81. The number of carbonyl (C=O) groups excluding carboxylic acids is 1. The first-order valence-electron chi connectivity index (χ1n) is 9.72. The number of hydrogen-bond acceptors (Lipinski definition) is 4. The van der Waals surface area contributed by atoms with E-state index < -0.39 is 22.8 Å². The van der Waals surface area contributed by atoms with Gasteiger partial charge in [0, 0.05) is 19.0 Å². The van der Waals surface area contributed by atoms with Gasteiger partial charge in [-0.1, -0.05) is 19.8 Å². The van der Waals surface area contributed by atoms with Crippen molar-refractivity contribution >= 4 is 21.6 Å². The fourth-order valence-corrected chi connectivity index (χ4v) is 4.94. The quantitative estimate of drug-likeness (QED) is 0.739. The number of nitrogens with zero attached hydrogens (tertiary/aromatic N) is 1. The number of carbonyl (C=O) groups is 1. The SMILES string of the molecule is C[C@@H]1C[C@@H]1C(=O)Nc1cc(S(=O)(=O)N2CCCCCC2)ccc1OCC(F)(F)F. The minimum absolute atomic E-state index is 0.0609. The Morgan fingerprint density at radius 3 is 2.38 bits per heavy atom. The zero-order valence-corrected chi connectivity index (χ0v) is 17.0. The number of nitrogens with one attached hydrogen (secondary N) is 1. The highest BCUT2D eigenvalue weighted by Crippen LogP contribution is 2.40. The summed E-state index contributed by atoms with van der Waals surface area (Å²) < 4.78 is 69.9. The molecule has 2 atom stereocenters. The van der Waals surface area contributed by atoms with Gasteiger partial charge < -0.3 is 10.1 Å². The summed E-state index contributed by atoms with van der Waals surface area (Å²) in [7, 11) is -3.81. The van der Waals surface area contributed by atoms with Gasteiger partial charge in [0.25, 0.3) is 0 Å². The van der Waals surface area contributed by atoms with Crippen LogP contribution in [-0.4, -0.2) is 44.5 Å². The number of halogens is 3. The molecule has 0 aromatic heterocycles. The van der Waals surface area contributed by atoms with Gasteiger partial charge in [0.1, 0.15) is 5.75 Å². The lowest BCUT2D eigenvalue weighted by Crippen LogP contribution is -2.32. The molecule has 0 bridgehead atoms. The molecule has 1 aliphatic heterocycles. The van der Waals surface area contributed by atoms with Crippen molar-refractivity contribution in [3.63, 3.8) is 0 Å². The zero-order valence-electron chi connectivity index (χ0n) is 16.2. The molecule has 1 aromatic rings. The van der Waals surface area contributed by atoms with E-state index in [2.05, 4.69) is 5.32 Å². The lowest BCUT2D eigenvalue weighted by molar-refractivity contribution is -0.153. The highest BCUT2D eigenvalue weighted by molar-refractivity contribution is 7.89. The lowest BCUT2D eigenvalue weighted by atomic mass is 10.2. The molecule has 2 aliphatic rings. The van der Waals surface area contributed by atoms with Crippen LogP contribution in [0.15, 0.2) is 23.1 Å². The molecular weight excluding hydrogens is 409 g/mol. The van der Waals surface area contributed by atoms with E-state index in [4.69, 9.17) is 4.74 Å². The predicted octanol–water partition coefficient (Wildman–Crippen LogP) is 3.79. The largest absolute Gasteiger partial charge is 0.482 e. The topological polar surface area (TPSA) is 75.7 Å². The summed E-state index contributed by atoms with van der Waals surface area (Å²) in [6.45, 7) is 1.16. The van der Waals surface area contributed by atoms with E-state index in [-0.39, 0.29) is 34.1 Å². The molecule has 1 heterocycles. The molecule has 1 saturated carbocycles. The fraction of sp³-hybridized carbons (Fsp3) is 0.632. The maximum atomic E-state index is 13.0. The molecule has 2 fully saturated rings. The third-order valence-electron chi connectivity index (χ3n) is 5.25. The van der Waals surface area contributed by atoms with Crippen molar-refractivity contribution in [1.29, 1.82) is 0 Å². The van der Waals surface area contributed by atoms with E-state index in [1.54, 1.807) is 0 Å². The smallest absolute Gasteiger partial charge is 0.422 e. The molecular formula is C19H25F3N2O4S. The van der Waals surface area contributed by atoms with Gasteiger partial charge in [0.15, 0.2) is 6.61 Å². The Balaban J connectivity index is 1.87. The normalized spacial score (nSPS) is 23.3. The second-order valence-corrected chi connectivity index (χ2v) is 9.63. The van der Waals surface area contributed by atoms with E-state index >= 15 is 0 Å². The molecule has 1 aromatic carbocycles. The maximum Gasteiger partial charge on any atom is 0.422 e. The molecule has 6 nitrogen and oxygen atoms in total. The number of sulfonamides is 1. The second-order valence-electron chi connectivity index (χ2n) is 7.69. The fourth-order valence-electron chi connectivity index (χ4n) is 3.40. The molecule has 0 radical (unpaired) electrons. The van der Waals surface area contributed by atoms with Crippen molar-refractivity contribution in [2.24, 2.45) is 11.8 Å². The summed E-state index contributed by atoms with van der Waals surface area (Å²) in [6, 6.07) is 3.58. The number of hydrogen-bond donors (Lipinski definition) is 1. The lowest BCUT2D eigenvalue weighted by Gasteiger charge is -2.21. The standard InChI is InChI=1S/C19H25F3N2O4S/c1-13-10-15(13)18(25)23-16-11-14(6-7-17(16)28-12-19(20,21)22)29(26,27)24-8-4-2-3-5-9-24/h6-7,11,13,15H,2-5,8-10,12H2,1H3,(H,23,25)/t13-,15+/m1/s1. The summed E-state index contributed by atoms with van der Waals surface area (Å²) in [5.74, 6) is -0.590. The van der Waals surface area contributed by atoms with E-state index in [0.717, 1.165) is 25.7 Å². The summed E-state index contributed by atoms with van der Waals surface area (Å²) in [5, 5.41) is 2.55. The average molecular weight is 434 g/mol. The number of amides is 1. The highest BCUT2D eigenvalue weighted by Gasteiger charge is 2.39. The van der Waals surface area contributed by atoms with Crippen molar-refractivity contribution in [1.82, 2.24) is 4.31 Å². The Labute approximate surface area is 168 Å². The first-order valence-corrected chi connectivity index (χ1v) is 11.2. The third-order valence-corrected chi connectivity index (χ3v) is 7.14. The van der Waals surface area contributed by atoms with Crippen LogP contribution in [0.5, 0.6) is 5.75 Å². The zero-order chi connectivity index (χ0) is 21.2. The first-order chi connectivity index (χ1) is 13.6. The van der Waals surface area contributed by atoms with Gasteiger partial charge in [0.05, 0.1) is 10.6 Å². The maximum absolute atomic E-state index is 13.0. The molecule has 1 amide bonds. The minimum Gasteiger partial charge on any atom is -0.482 e. The molecule has 1 aliphatic carbocycles. The van der Waals surface area contributed by atoms with Crippen molar-refractivity contribution in [3.8, 4) is 5.75 Å². The minimum atomic E-state index is -4.55. The first kappa shape index (κ1) is 21.9. The summed E-state index contributed by atoms with van der Waals surface area (Å²) in [6.07, 6.45) is -0.433. The van der Waals surface area contributed by atoms with Crippen LogP contribution in [0.2, 0.25) is 0 Å². The summed E-state index contributed by atoms with van der Waals surface area (Å²) in [5.41, 5.74) is -0.0609. The van der Waals surface area contributed by atoms with Gasteiger partial charge in [0.2, 0.25) is 15.9 Å². The Bertz CT molecular complexity index is 850. The van der Waals surface area contributed by atoms with E-state index in [9.17, 15) is 26.4 Å². The number of rotatable bonds is 6. The van der Waals surface area contributed by atoms with Gasteiger partial charge in [-0.25, -0.2) is 8.42 Å². The molecule has 29 heavy (non-hydrogen) atoms. The number of anilines is 1. The average Bonchev–Trinajstić information content (AvgIpc) is 3.42. The Morgan fingerprint density at radius 2 is 1.83 bits per heavy atom. The van der Waals surface area contributed by atoms with Gasteiger partial charge in [-0.05, 0) is 43.4 Å². The van der Waals surface area contributed by atoms with Crippen molar-refractivity contribution < 1.29 is 31.1 Å². The molecule has 0 unspecified atom stereocenters. The van der Waals surface area contributed by atoms with Crippen LogP contribution in [0.1, 0.15) is 39.0 Å². The molecule has 10 heteroatoms. The summed E-state index contributed by atoms with van der Waals surface area (Å²) in [4.78, 5) is 12.2. The molecule has 0 spiro atoms. The van der Waals surface area contributed by atoms with Gasteiger partial charge in [-0.2, -0.15) is 17.5 Å². The predicted molar refractivity (Wildman–Crippen MR) is 101 cm³/mol. The van der Waals surface area contributed by atoms with E-state index in [1.807, 2.05) is 6.92 Å². The van der Waals surface area contributed by atoms with Gasteiger partial charge >= 0.3 is 6.18 Å². The van der Waals surface area contributed by atoms with Crippen LogP contribution in [0, 0.1) is 11.8 Å². The van der Waals surface area contributed by atoms with Crippen LogP contribution in [0.3, 0.4) is 0 Å². The number of alkyl halides is 3. The van der Waals surface area contributed by atoms with Gasteiger partial charge in [-0.15, -0.1) is 0 Å². The molecule has 3 rings (SSSR count). The van der Waals surface area contributed by atoms with Crippen LogP contribution < -0.4 is 10.1 Å². The Kier molecular flexibility index (Phi) is 6.42. The monoisotopic (exact) mass is 434 g/mol. The highest BCUT2D eigenvalue weighted by atomic mass is 32.2.